The van der Waals surface area contributed by atoms with Gasteiger partial charge in [-0.2, -0.15) is 39.5 Å². The highest BCUT2D eigenvalue weighted by atomic mass is 19.4. The molecule has 10 heteroatoms. The van der Waals surface area contributed by atoms with E-state index in [-0.39, 0.29) is 0 Å². The summed E-state index contributed by atoms with van der Waals surface area (Å²) in [4.78, 5) is 10.7. The van der Waals surface area contributed by atoms with Crippen LogP contribution in [-0.2, 0) is 10.7 Å². The number of benzene rings is 1. The molecule has 0 unspecified atom stereocenters. The number of rotatable bonds is 4. The van der Waals surface area contributed by atoms with Crippen LogP contribution in [0.1, 0.15) is 5.56 Å². The number of carbonyl (C=O) groups is 1. The second-order valence-electron chi connectivity index (χ2n) is 3.92. The summed E-state index contributed by atoms with van der Waals surface area (Å²) >= 11 is 0. The summed E-state index contributed by atoms with van der Waals surface area (Å²) in [5, 5.41) is 0. The highest BCUT2D eigenvalue weighted by Gasteiger charge is 2.75. The van der Waals surface area contributed by atoms with Crippen LogP contribution in [0, 0.1) is 0 Å². The van der Waals surface area contributed by atoms with Crippen molar-refractivity contribution in [3.8, 4) is 0 Å². The van der Waals surface area contributed by atoms with Gasteiger partial charge in [0.25, 0.3) is 5.78 Å². The Morgan fingerprint density at radius 1 is 0.714 bits per heavy atom. The second-order valence-corrected chi connectivity index (χ2v) is 3.92. The van der Waals surface area contributed by atoms with Crippen LogP contribution in [0.2, 0.25) is 0 Å². The van der Waals surface area contributed by atoms with Gasteiger partial charge in [0.05, 0.1) is 0 Å². The first kappa shape index (κ1) is 17.3. The van der Waals surface area contributed by atoms with E-state index in [1.54, 1.807) is 0 Å². The molecule has 0 aliphatic carbocycles. The standard InChI is InChI=1S/C11H5F9O/c12-8(13,6-4-2-1-3-5-6)9(14,15)7(21)10(16,17)11(18,19)20/h1-5H. The molecule has 0 radical (unpaired) electrons. The van der Waals surface area contributed by atoms with Crippen LogP contribution in [0.25, 0.3) is 0 Å². The Morgan fingerprint density at radius 2 is 1.14 bits per heavy atom. The molecule has 0 N–H and O–H groups in total. The first-order valence-corrected chi connectivity index (χ1v) is 5.07. The Morgan fingerprint density at radius 3 is 1.52 bits per heavy atom. The van der Waals surface area contributed by atoms with Gasteiger partial charge in [0.2, 0.25) is 0 Å². The Hall–Kier alpha value is -1.74. The van der Waals surface area contributed by atoms with Crippen LogP contribution in [0.5, 0.6) is 0 Å². The Kier molecular flexibility index (Phi) is 4.05. The number of ketones is 1. The van der Waals surface area contributed by atoms with Crippen LogP contribution < -0.4 is 0 Å². The van der Waals surface area contributed by atoms with E-state index in [1.165, 1.54) is 0 Å². The summed E-state index contributed by atoms with van der Waals surface area (Å²) in [5.41, 5.74) is -1.57. The zero-order valence-corrected chi connectivity index (χ0v) is 9.70. The predicted octanol–water partition coefficient (Wildman–Crippen LogP) is 4.18. The largest absolute Gasteiger partial charge is 0.461 e. The van der Waals surface area contributed by atoms with Gasteiger partial charge in [-0.25, -0.2) is 0 Å². The summed E-state index contributed by atoms with van der Waals surface area (Å²) < 4.78 is 114. The van der Waals surface area contributed by atoms with E-state index in [0.29, 0.717) is 12.1 Å². The average Bonchev–Trinajstić information content (AvgIpc) is 2.37. The molecule has 0 bridgehead atoms. The lowest BCUT2D eigenvalue weighted by Crippen LogP contribution is -2.57. The Balaban J connectivity index is 3.31. The molecule has 0 aliphatic heterocycles. The number of halogens is 9. The van der Waals surface area contributed by atoms with E-state index >= 15 is 0 Å². The molecule has 1 aromatic carbocycles. The molecule has 0 spiro atoms. The van der Waals surface area contributed by atoms with Crippen molar-refractivity contribution >= 4 is 5.78 Å². The SMILES string of the molecule is O=C(C(F)(F)C(F)(F)F)C(F)(F)C(F)(F)c1ccccc1. The van der Waals surface area contributed by atoms with E-state index in [0.717, 1.165) is 18.2 Å². The molecular formula is C11H5F9O. The first-order chi connectivity index (χ1) is 9.26. The van der Waals surface area contributed by atoms with Crippen LogP contribution in [0.4, 0.5) is 39.5 Å². The molecule has 0 fully saturated rings. The van der Waals surface area contributed by atoms with Gasteiger partial charge in [0.15, 0.2) is 0 Å². The molecule has 118 valence electrons. The Bertz CT molecular complexity index is 518. The van der Waals surface area contributed by atoms with Crippen molar-refractivity contribution in [1.29, 1.82) is 0 Å². The van der Waals surface area contributed by atoms with Crippen molar-refractivity contribution in [3.63, 3.8) is 0 Å². The zero-order valence-electron chi connectivity index (χ0n) is 9.70. The summed E-state index contributed by atoms with van der Waals surface area (Å²) in [6, 6.07) is 3.50. The lowest BCUT2D eigenvalue weighted by atomic mass is 9.96. The lowest BCUT2D eigenvalue weighted by molar-refractivity contribution is -0.290. The molecule has 0 atom stereocenters. The molecule has 1 rings (SSSR count). The van der Waals surface area contributed by atoms with E-state index in [9.17, 15) is 44.3 Å². The van der Waals surface area contributed by atoms with Crippen molar-refractivity contribution in [2.45, 2.75) is 23.9 Å². The van der Waals surface area contributed by atoms with Crippen LogP contribution in [-0.4, -0.2) is 23.8 Å². The maximum Gasteiger partial charge on any atom is 0.461 e. The third-order valence-electron chi connectivity index (χ3n) is 2.46. The summed E-state index contributed by atoms with van der Waals surface area (Å²) in [7, 11) is 0. The topological polar surface area (TPSA) is 17.1 Å². The highest BCUT2D eigenvalue weighted by molar-refractivity contribution is 5.93. The summed E-state index contributed by atoms with van der Waals surface area (Å²) in [6.45, 7) is 0. The van der Waals surface area contributed by atoms with Gasteiger partial charge in [-0.15, -0.1) is 0 Å². The van der Waals surface area contributed by atoms with Crippen LogP contribution in [0.15, 0.2) is 30.3 Å². The van der Waals surface area contributed by atoms with Crippen LogP contribution in [0.3, 0.4) is 0 Å². The van der Waals surface area contributed by atoms with Crippen molar-refractivity contribution in [2.75, 3.05) is 0 Å². The minimum atomic E-state index is -6.71. The minimum Gasteiger partial charge on any atom is -0.285 e. The maximum atomic E-state index is 13.4. The summed E-state index contributed by atoms with van der Waals surface area (Å²) in [6.07, 6.45) is -6.71. The molecule has 0 aliphatic rings. The highest BCUT2D eigenvalue weighted by Crippen LogP contribution is 2.49. The van der Waals surface area contributed by atoms with Gasteiger partial charge >= 0.3 is 23.9 Å². The average molecular weight is 324 g/mol. The normalized spacial score (nSPS) is 14.1. The molecule has 0 saturated carbocycles. The monoisotopic (exact) mass is 324 g/mol. The van der Waals surface area contributed by atoms with E-state index in [2.05, 4.69) is 0 Å². The van der Waals surface area contributed by atoms with Crippen molar-refractivity contribution in [2.24, 2.45) is 0 Å². The van der Waals surface area contributed by atoms with Gasteiger partial charge < -0.3 is 0 Å². The fourth-order valence-corrected chi connectivity index (χ4v) is 1.30. The van der Waals surface area contributed by atoms with Gasteiger partial charge in [-0.1, -0.05) is 30.3 Å². The van der Waals surface area contributed by atoms with Crippen molar-refractivity contribution in [3.05, 3.63) is 35.9 Å². The second kappa shape index (κ2) is 4.92. The third kappa shape index (κ3) is 2.70. The number of hydrogen-bond acceptors (Lipinski definition) is 1. The van der Waals surface area contributed by atoms with E-state index in [4.69, 9.17) is 0 Å². The van der Waals surface area contributed by atoms with Gasteiger partial charge in [0, 0.05) is 5.56 Å². The minimum absolute atomic E-state index is 0.368. The van der Waals surface area contributed by atoms with Gasteiger partial charge in [0.1, 0.15) is 0 Å². The molecule has 0 amide bonds. The molecule has 0 aromatic heterocycles. The quantitative estimate of drug-likeness (QED) is 0.760. The number of carbonyl (C=O) groups excluding carboxylic acids is 1. The number of alkyl halides is 9. The molecular weight excluding hydrogens is 319 g/mol. The van der Waals surface area contributed by atoms with Crippen LogP contribution >= 0.6 is 0 Å². The Labute approximate surface area is 111 Å². The molecule has 21 heavy (non-hydrogen) atoms. The summed E-state index contributed by atoms with van der Waals surface area (Å²) in [5.74, 6) is -22.6. The molecule has 1 nitrogen and oxygen atoms in total. The maximum absolute atomic E-state index is 13.4. The number of hydrogen-bond donors (Lipinski definition) is 0. The third-order valence-corrected chi connectivity index (χ3v) is 2.46. The van der Waals surface area contributed by atoms with Gasteiger partial charge in [-0.3, -0.25) is 4.79 Å². The molecule has 0 saturated heterocycles. The lowest BCUT2D eigenvalue weighted by Gasteiger charge is -2.29. The fraction of sp³-hybridized carbons (Fsp3) is 0.364. The predicted molar refractivity (Wildman–Crippen MR) is 51.3 cm³/mol. The first-order valence-electron chi connectivity index (χ1n) is 5.07. The molecule has 1 aromatic rings. The van der Waals surface area contributed by atoms with E-state index < -0.39 is 35.3 Å². The number of Topliss-reactive ketones (excluding diaryl/α,β-unsaturated/α-hetero) is 1. The van der Waals surface area contributed by atoms with Gasteiger partial charge in [-0.05, 0) is 0 Å². The van der Waals surface area contributed by atoms with Crippen molar-refractivity contribution < 1.29 is 44.3 Å². The zero-order chi connectivity index (χ0) is 16.7. The molecule has 0 heterocycles. The fourth-order valence-electron chi connectivity index (χ4n) is 1.30. The smallest absolute Gasteiger partial charge is 0.285 e. The van der Waals surface area contributed by atoms with Crippen molar-refractivity contribution in [1.82, 2.24) is 0 Å². The van der Waals surface area contributed by atoms with E-state index in [1.807, 2.05) is 0 Å².